The van der Waals surface area contributed by atoms with E-state index in [1.54, 1.807) is 16.4 Å². The molecule has 0 bridgehead atoms. The Balaban J connectivity index is 1.35. The van der Waals surface area contributed by atoms with Crippen LogP contribution in [0.4, 0.5) is 5.69 Å². The van der Waals surface area contributed by atoms with Crippen molar-refractivity contribution >= 4 is 23.4 Å². The number of nitrogens with one attached hydrogen (secondary N) is 1. The SMILES string of the molecule is Cc1ccc(Sc2ccc(NC(=O)[C@H]3C[C@H]3c3cnn(C)c3)cc2)cc1C. The second-order valence-electron chi connectivity index (χ2n) is 7.26. The van der Waals surface area contributed by atoms with Gasteiger partial charge in [0.05, 0.1) is 6.20 Å². The maximum absolute atomic E-state index is 12.5. The van der Waals surface area contributed by atoms with Crippen molar-refractivity contribution in [3.05, 3.63) is 71.5 Å². The van der Waals surface area contributed by atoms with E-state index in [1.165, 1.54) is 16.0 Å². The maximum Gasteiger partial charge on any atom is 0.228 e. The molecule has 1 N–H and O–H groups in total. The molecule has 1 saturated carbocycles. The van der Waals surface area contributed by atoms with Gasteiger partial charge in [-0.15, -0.1) is 0 Å². The highest BCUT2D eigenvalue weighted by molar-refractivity contribution is 7.99. The van der Waals surface area contributed by atoms with Gasteiger partial charge in [-0.1, -0.05) is 17.8 Å². The predicted octanol–water partition coefficient (Wildman–Crippen LogP) is 4.93. The van der Waals surface area contributed by atoms with Gasteiger partial charge >= 0.3 is 0 Å². The highest BCUT2D eigenvalue weighted by Crippen LogP contribution is 2.47. The number of amides is 1. The van der Waals surface area contributed by atoms with Crippen LogP contribution in [-0.4, -0.2) is 15.7 Å². The number of aromatic nitrogens is 2. The normalized spacial score (nSPS) is 18.3. The van der Waals surface area contributed by atoms with E-state index in [2.05, 4.69) is 54.6 Å². The zero-order valence-electron chi connectivity index (χ0n) is 15.8. The van der Waals surface area contributed by atoms with Crippen LogP contribution in [-0.2, 0) is 11.8 Å². The summed E-state index contributed by atoms with van der Waals surface area (Å²) < 4.78 is 1.79. The lowest BCUT2D eigenvalue weighted by Crippen LogP contribution is -2.14. The predicted molar refractivity (Wildman–Crippen MR) is 109 cm³/mol. The third-order valence-electron chi connectivity index (χ3n) is 5.12. The van der Waals surface area contributed by atoms with Gasteiger partial charge in [0.15, 0.2) is 0 Å². The highest BCUT2D eigenvalue weighted by atomic mass is 32.2. The molecule has 27 heavy (non-hydrogen) atoms. The number of benzene rings is 2. The first-order valence-corrected chi connectivity index (χ1v) is 9.96. The molecule has 0 saturated heterocycles. The van der Waals surface area contributed by atoms with Gasteiger partial charge in [-0.05, 0) is 79.3 Å². The number of hydrogen-bond donors (Lipinski definition) is 1. The third-order valence-corrected chi connectivity index (χ3v) is 6.11. The zero-order valence-corrected chi connectivity index (χ0v) is 16.6. The molecule has 0 aliphatic heterocycles. The Morgan fingerprint density at radius 2 is 1.85 bits per heavy atom. The molecule has 2 aromatic carbocycles. The zero-order chi connectivity index (χ0) is 19.0. The van der Waals surface area contributed by atoms with Crippen molar-refractivity contribution in [2.45, 2.75) is 36.0 Å². The van der Waals surface area contributed by atoms with Crippen LogP contribution in [0.5, 0.6) is 0 Å². The Morgan fingerprint density at radius 3 is 2.52 bits per heavy atom. The minimum atomic E-state index is 0.0544. The van der Waals surface area contributed by atoms with E-state index in [0.29, 0.717) is 5.92 Å². The molecule has 1 aliphatic carbocycles. The smallest absolute Gasteiger partial charge is 0.228 e. The van der Waals surface area contributed by atoms with Gasteiger partial charge in [-0.25, -0.2) is 0 Å². The van der Waals surface area contributed by atoms with Crippen LogP contribution in [0.3, 0.4) is 0 Å². The summed E-state index contributed by atoms with van der Waals surface area (Å²) in [5, 5.41) is 7.24. The highest BCUT2D eigenvalue weighted by Gasteiger charge is 2.44. The lowest BCUT2D eigenvalue weighted by Gasteiger charge is -2.08. The largest absolute Gasteiger partial charge is 0.326 e. The van der Waals surface area contributed by atoms with Gasteiger partial charge < -0.3 is 5.32 Å². The molecular weight excluding hydrogens is 354 g/mol. The summed E-state index contributed by atoms with van der Waals surface area (Å²) >= 11 is 1.73. The van der Waals surface area contributed by atoms with E-state index in [0.717, 1.165) is 22.6 Å². The number of hydrogen-bond acceptors (Lipinski definition) is 3. The third kappa shape index (κ3) is 4.08. The average Bonchev–Trinajstić information content (AvgIpc) is 3.34. The second kappa shape index (κ2) is 7.24. The van der Waals surface area contributed by atoms with Crippen LogP contribution in [0.25, 0.3) is 0 Å². The first kappa shape index (κ1) is 17.9. The minimum Gasteiger partial charge on any atom is -0.326 e. The maximum atomic E-state index is 12.5. The van der Waals surface area contributed by atoms with Crippen molar-refractivity contribution in [1.29, 1.82) is 0 Å². The molecular formula is C22H23N3OS. The molecule has 1 amide bonds. The Hall–Kier alpha value is -2.53. The first-order valence-electron chi connectivity index (χ1n) is 9.14. The lowest BCUT2D eigenvalue weighted by atomic mass is 10.1. The minimum absolute atomic E-state index is 0.0544. The molecule has 2 atom stereocenters. The number of carbonyl (C=O) groups is 1. The monoisotopic (exact) mass is 377 g/mol. The van der Waals surface area contributed by atoms with Crippen LogP contribution < -0.4 is 5.32 Å². The lowest BCUT2D eigenvalue weighted by molar-refractivity contribution is -0.117. The van der Waals surface area contributed by atoms with Gasteiger partial charge in [-0.3, -0.25) is 9.48 Å². The first-order chi connectivity index (χ1) is 13.0. The summed E-state index contributed by atoms with van der Waals surface area (Å²) in [6.45, 7) is 4.26. The van der Waals surface area contributed by atoms with Crippen molar-refractivity contribution in [3.63, 3.8) is 0 Å². The van der Waals surface area contributed by atoms with Crippen LogP contribution in [0.15, 0.2) is 64.6 Å². The van der Waals surface area contributed by atoms with Gasteiger partial charge in [0.25, 0.3) is 0 Å². The Kier molecular flexibility index (Phi) is 4.79. The quantitative estimate of drug-likeness (QED) is 0.686. The Labute approximate surface area is 164 Å². The summed E-state index contributed by atoms with van der Waals surface area (Å²) in [5.41, 5.74) is 4.61. The standard InChI is InChI=1S/C22H23N3OS/c1-14-4-7-19(10-15(14)2)27-18-8-5-17(6-9-18)24-22(26)21-11-20(21)16-12-23-25(3)13-16/h4-10,12-13,20-21H,11H2,1-3H3,(H,24,26)/t20-,21-/m0/s1. The molecule has 4 nitrogen and oxygen atoms in total. The number of carbonyl (C=O) groups excluding carboxylic acids is 1. The summed E-state index contributed by atoms with van der Waals surface area (Å²) in [6.07, 6.45) is 4.76. The number of nitrogens with zero attached hydrogens (tertiary/aromatic N) is 2. The fourth-order valence-corrected chi connectivity index (χ4v) is 4.16. The van der Waals surface area contributed by atoms with Crippen LogP contribution in [0.1, 0.15) is 29.0 Å². The van der Waals surface area contributed by atoms with E-state index in [1.807, 2.05) is 31.6 Å². The van der Waals surface area contributed by atoms with Crippen LogP contribution in [0, 0.1) is 19.8 Å². The molecule has 1 aromatic heterocycles. The van der Waals surface area contributed by atoms with Crippen molar-refractivity contribution in [2.24, 2.45) is 13.0 Å². The summed E-state index contributed by atoms with van der Waals surface area (Å²) in [5.74, 6) is 0.454. The number of aryl methyl sites for hydroxylation is 3. The molecule has 0 radical (unpaired) electrons. The Bertz CT molecular complexity index is 977. The van der Waals surface area contributed by atoms with E-state index >= 15 is 0 Å². The van der Waals surface area contributed by atoms with Crippen molar-refractivity contribution in [2.75, 3.05) is 5.32 Å². The summed E-state index contributed by atoms with van der Waals surface area (Å²) in [6, 6.07) is 14.6. The second-order valence-corrected chi connectivity index (χ2v) is 8.40. The average molecular weight is 378 g/mol. The topological polar surface area (TPSA) is 46.9 Å². The Morgan fingerprint density at radius 1 is 1.11 bits per heavy atom. The molecule has 138 valence electrons. The van der Waals surface area contributed by atoms with Crippen molar-refractivity contribution < 1.29 is 4.79 Å². The van der Waals surface area contributed by atoms with Gasteiger partial charge in [0.2, 0.25) is 5.91 Å². The van der Waals surface area contributed by atoms with E-state index in [9.17, 15) is 4.79 Å². The fourth-order valence-electron chi connectivity index (χ4n) is 3.24. The van der Waals surface area contributed by atoms with Crippen molar-refractivity contribution in [3.8, 4) is 0 Å². The van der Waals surface area contributed by atoms with Gasteiger partial charge in [-0.2, -0.15) is 5.10 Å². The van der Waals surface area contributed by atoms with Crippen molar-refractivity contribution in [1.82, 2.24) is 9.78 Å². The van der Waals surface area contributed by atoms with Gasteiger partial charge in [0.1, 0.15) is 0 Å². The van der Waals surface area contributed by atoms with E-state index in [-0.39, 0.29) is 11.8 Å². The summed E-state index contributed by atoms with van der Waals surface area (Å²) in [4.78, 5) is 14.9. The molecule has 1 aliphatic rings. The fraction of sp³-hybridized carbons (Fsp3) is 0.273. The van der Waals surface area contributed by atoms with E-state index in [4.69, 9.17) is 0 Å². The van der Waals surface area contributed by atoms with Crippen LogP contribution >= 0.6 is 11.8 Å². The molecule has 0 spiro atoms. The molecule has 4 rings (SSSR count). The number of anilines is 1. The molecule has 3 aromatic rings. The molecule has 1 heterocycles. The molecule has 5 heteroatoms. The van der Waals surface area contributed by atoms with Gasteiger partial charge in [0, 0.05) is 34.6 Å². The molecule has 1 fully saturated rings. The van der Waals surface area contributed by atoms with Crippen LogP contribution in [0.2, 0.25) is 0 Å². The summed E-state index contributed by atoms with van der Waals surface area (Å²) in [7, 11) is 1.90. The van der Waals surface area contributed by atoms with E-state index < -0.39 is 0 Å². The molecule has 0 unspecified atom stereocenters. The number of rotatable bonds is 5.